The minimum atomic E-state index is -3.49. The lowest BCUT2D eigenvalue weighted by atomic mass is 9.98. The molecule has 1 saturated heterocycles. The molecule has 1 atom stereocenters. The van der Waals surface area contributed by atoms with E-state index in [1.165, 1.54) is 0 Å². The minimum Gasteiger partial charge on any atom is -0.493 e. The summed E-state index contributed by atoms with van der Waals surface area (Å²) in [6.07, 6.45) is 2.81. The normalized spacial score (nSPS) is 18.5. The highest BCUT2D eigenvalue weighted by atomic mass is 32.2. The third-order valence-electron chi connectivity index (χ3n) is 7.15. The summed E-state index contributed by atoms with van der Waals surface area (Å²) < 4.78 is 34.1. The average molecular weight is 493 g/mol. The average Bonchev–Trinajstić information content (AvgIpc) is 3.27. The zero-order valence-electron chi connectivity index (χ0n) is 20.0. The fourth-order valence-electron chi connectivity index (χ4n) is 5.13. The Labute approximate surface area is 206 Å². The van der Waals surface area contributed by atoms with Crippen LogP contribution in [0, 0.1) is 11.3 Å². The standard InChI is InChI=1S/C27H32N4O3S/c1-2-35(32,33)31-25-8-7-24(34-17-18-9-11-30-12-10-18)15-23(25)16-26(31)20-5-3-19-4-6-21(27(28)29)14-22(19)13-20/h3-8,13-15,18,26,30H,2,9-12,16-17H2,1H3,(H3,28,29). The molecule has 8 heteroatoms. The van der Waals surface area contributed by atoms with Crippen LogP contribution in [0.5, 0.6) is 5.75 Å². The number of nitrogen functional groups attached to an aromatic ring is 1. The summed E-state index contributed by atoms with van der Waals surface area (Å²) >= 11 is 0. The van der Waals surface area contributed by atoms with E-state index in [9.17, 15) is 8.42 Å². The number of amidine groups is 1. The van der Waals surface area contributed by atoms with Crippen molar-refractivity contribution in [3.63, 3.8) is 0 Å². The summed E-state index contributed by atoms with van der Waals surface area (Å²) in [6, 6.07) is 17.1. The van der Waals surface area contributed by atoms with E-state index in [1.54, 1.807) is 11.2 Å². The zero-order valence-corrected chi connectivity index (χ0v) is 20.8. The Hall–Kier alpha value is -3.10. The molecule has 0 amide bonds. The van der Waals surface area contributed by atoms with Crippen LogP contribution in [-0.4, -0.2) is 39.7 Å². The minimum absolute atomic E-state index is 0.0118. The van der Waals surface area contributed by atoms with Crippen molar-refractivity contribution in [1.29, 1.82) is 5.41 Å². The van der Waals surface area contributed by atoms with Crippen LogP contribution in [0.1, 0.15) is 42.5 Å². The molecule has 0 radical (unpaired) electrons. The number of nitrogens with one attached hydrogen (secondary N) is 2. The first-order chi connectivity index (χ1) is 16.9. The lowest BCUT2D eigenvalue weighted by molar-refractivity contribution is 0.215. The summed E-state index contributed by atoms with van der Waals surface area (Å²) in [4.78, 5) is 0. The topological polar surface area (TPSA) is 109 Å². The lowest BCUT2D eigenvalue weighted by Gasteiger charge is -2.27. The van der Waals surface area contributed by atoms with Gasteiger partial charge in [-0.15, -0.1) is 0 Å². The third kappa shape index (κ3) is 4.73. The molecule has 2 aliphatic heterocycles. The first-order valence-electron chi connectivity index (χ1n) is 12.2. The van der Waals surface area contributed by atoms with Crippen molar-refractivity contribution in [1.82, 2.24) is 5.32 Å². The number of nitrogens with two attached hydrogens (primary N) is 1. The summed E-state index contributed by atoms with van der Waals surface area (Å²) in [6.45, 7) is 4.43. The molecule has 0 aromatic heterocycles. The summed E-state index contributed by atoms with van der Waals surface area (Å²) in [7, 11) is -3.49. The van der Waals surface area contributed by atoms with Gasteiger partial charge in [0.1, 0.15) is 11.6 Å². The number of sulfonamides is 1. The van der Waals surface area contributed by atoms with Crippen LogP contribution in [0.15, 0.2) is 54.6 Å². The van der Waals surface area contributed by atoms with Crippen LogP contribution >= 0.6 is 0 Å². The number of fused-ring (bicyclic) bond motifs is 2. The van der Waals surface area contributed by atoms with Crippen molar-refractivity contribution in [2.24, 2.45) is 11.7 Å². The van der Waals surface area contributed by atoms with Gasteiger partial charge in [0, 0.05) is 12.0 Å². The lowest BCUT2D eigenvalue weighted by Crippen LogP contribution is -2.33. The Balaban J connectivity index is 1.47. The van der Waals surface area contributed by atoms with Crippen molar-refractivity contribution >= 4 is 32.3 Å². The van der Waals surface area contributed by atoms with Crippen molar-refractivity contribution in [3.8, 4) is 5.75 Å². The predicted octanol–water partition coefficient (Wildman–Crippen LogP) is 3.96. The van der Waals surface area contributed by atoms with Crippen molar-refractivity contribution in [3.05, 3.63) is 71.3 Å². The van der Waals surface area contributed by atoms with Gasteiger partial charge in [0.25, 0.3) is 0 Å². The highest BCUT2D eigenvalue weighted by molar-refractivity contribution is 7.92. The molecular formula is C27H32N4O3S. The molecule has 4 N–H and O–H groups in total. The van der Waals surface area contributed by atoms with Crippen LogP contribution in [0.2, 0.25) is 0 Å². The Kier molecular flexibility index (Phi) is 6.42. The number of hydrogen-bond acceptors (Lipinski definition) is 5. The zero-order chi connectivity index (χ0) is 24.6. The molecule has 3 aromatic rings. The molecule has 184 valence electrons. The van der Waals surface area contributed by atoms with E-state index >= 15 is 0 Å². The highest BCUT2D eigenvalue weighted by Crippen LogP contribution is 2.44. The number of nitrogens with zero attached hydrogens (tertiary/aromatic N) is 1. The summed E-state index contributed by atoms with van der Waals surface area (Å²) in [5, 5.41) is 13.1. The number of benzene rings is 3. The van der Waals surface area contributed by atoms with Crippen LogP contribution < -0.4 is 20.1 Å². The van der Waals surface area contributed by atoms with Gasteiger partial charge in [0.15, 0.2) is 0 Å². The molecule has 7 nitrogen and oxygen atoms in total. The Morgan fingerprint density at radius 2 is 1.86 bits per heavy atom. The number of anilines is 1. The van der Waals surface area contributed by atoms with E-state index in [0.29, 0.717) is 24.5 Å². The maximum Gasteiger partial charge on any atom is 0.235 e. The number of ether oxygens (including phenoxy) is 1. The van der Waals surface area contributed by atoms with Gasteiger partial charge >= 0.3 is 0 Å². The molecule has 0 bridgehead atoms. The molecular weight excluding hydrogens is 460 g/mol. The molecule has 1 unspecified atom stereocenters. The largest absolute Gasteiger partial charge is 0.493 e. The molecule has 35 heavy (non-hydrogen) atoms. The van der Waals surface area contributed by atoms with Gasteiger partial charge in [-0.1, -0.05) is 24.3 Å². The number of piperidine rings is 1. The van der Waals surface area contributed by atoms with Gasteiger partial charge < -0.3 is 15.8 Å². The van der Waals surface area contributed by atoms with Crippen molar-refractivity contribution < 1.29 is 13.2 Å². The van der Waals surface area contributed by atoms with Crippen LogP contribution in [-0.2, 0) is 16.4 Å². The second kappa shape index (κ2) is 9.51. The van der Waals surface area contributed by atoms with Gasteiger partial charge in [-0.3, -0.25) is 9.71 Å². The van der Waals surface area contributed by atoms with Crippen LogP contribution in [0.4, 0.5) is 5.69 Å². The maximum atomic E-state index is 13.2. The highest BCUT2D eigenvalue weighted by Gasteiger charge is 2.38. The molecule has 0 saturated carbocycles. The third-order valence-corrected chi connectivity index (χ3v) is 8.93. The summed E-state index contributed by atoms with van der Waals surface area (Å²) in [5.74, 6) is 1.38. The van der Waals surface area contributed by atoms with Gasteiger partial charge in [-0.05, 0) is 91.0 Å². The quantitative estimate of drug-likeness (QED) is 0.342. The van der Waals surface area contributed by atoms with Gasteiger partial charge in [0.05, 0.1) is 24.1 Å². The second-order valence-corrected chi connectivity index (χ2v) is 11.6. The second-order valence-electron chi connectivity index (χ2n) is 9.45. The Bertz CT molecular complexity index is 1370. The first kappa shape index (κ1) is 23.6. The molecule has 5 rings (SSSR count). The van der Waals surface area contributed by atoms with Crippen molar-refractivity contribution in [2.75, 3.05) is 29.8 Å². The monoisotopic (exact) mass is 492 g/mol. The van der Waals surface area contributed by atoms with E-state index in [1.807, 2.05) is 54.6 Å². The van der Waals surface area contributed by atoms with Crippen LogP contribution in [0.25, 0.3) is 10.8 Å². The fraction of sp³-hybridized carbons (Fsp3) is 0.370. The van der Waals surface area contributed by atoms with E-state index in [4.69, 9.17) is 15.9 Å². The predicted molar refractivity (Wildman–Crippen MR) is 141 cm³/mol. The number of rotatable bonds is 7. The van der Waals surface area contributed by atoms with Gasteiger partial charge in [0.2, 0.25) is 10.0 Å². The van der Waals surface area contributed by atoms with E-state index in [-0.39, 0.29) is 17.6 Å². The van der Waals surface area contributed by atoms with E-state index in [0.717, 1.165) is 59.3 Å². The summed E-state index contributed by atoms with van der Waals surface area (Å²) in [5.41, 5.74) is 8.96. The van der Waals surface area contributed by atoms with E-state index in [2.05, 4.69) is 5.32 Å². The molecule has 2 heterocycles. The van der Waals surface area contributed by atoms with Gasteiger partial charge in [-0.2, -0.15) is 0 Å². The smallest absolute Gasteiger partial charge is 0.235 e. The SMILES string of the molecule is CCS(=O)(=O)N1c2ccc(OCC3CCNCC3)cc2CC1c1ccc2ccc(C(=N)N)cc2c1. The number of hydrogen-bond donors (Lipinski definition) is 3. The molecule has 0 spiro atoms. The van der Waals surface area contributed by atoms with Gasteiger partial charge in [-0.25, -0.2) is 8.42 Å². The fourth-order valence-corrected chi connectivity index (χ4v) is 6.47. The Morgan fingerprint density at radius 1 is 1.09 bits per heavy atom. The van der Waals surface area contributed by atoms with Crippen LogP contribution in [0.3, 0.4) is 0 Å². The molecule has 3 aromatic carbocycles. The molecule has 0 aliphatic carbocycles. The van der Waals surface area contributed by atoms with Crippen molar-refractivity contribution in [2.45, 2.75) is 32.2 Å². The molecule has 2 aliphatic rings. The Morgan fingerprint density at radius 3 is 2.60 bits per heavy atom. The first-order valence-corrected chi connectivity index (χ1v) is 13.8. The van der Waals surface area contributed by atoms with E-state index < -0.39 is 10.0 Å². The maximum absolute atomic E-state index is 13.2. The molecule has 1 fully saturated rings.